The number of hydrogen-bond donors (Lipinski definition) is 2. The van der Waals surface area contributed by atoms with Gasteiger partial charge in [-0.2, -0.15) is 0 Å². The highest BCUT2D eigenvalue weighted by atomic mass is 16.1. The highest BCUT2D eigenvalue weighted by Crippen LogP contribution is 2.21. The van der Waals surface area contributed by atoms with Crippen molar-refractivity contribution in [2.45, 2.75) is 19.8 Å². The maximum Gasteiger partial charge on any atom is 0.252 e. The van der Waals surface area contributed by atoms with Gasteiger partial charge < -0.3 is 15.5 Å². The van der Waals surface area contributed by atoms with Gasteiger partial charge in [0, 0.05) is 32.4 Å². The number of pyridine rings is 1. The van der Waals surface area contributed by atoms with Gasteiger partial charge in [-0.25, -0.2) is 4.98 Å². The quantitative estimate of drug-likeness (QED) is 0.795. The molecule has 0 aliphatic carbocycles. The van der Waals surface area contributed by atoms with Crippen LogP contribution in [-0.2, 0) is 0 Å². The van der Waals surface area contributed by atoms with Crippen molar-refractivity contribution in [3.05, 3.63) is 23.9 Å². The first-order valence-corrected chi connectivity index (χ1v) is 7.34. The minimum Gasteiger partial charge on any atom is -0.357 e. The molecule has 1 aliphatic rings. The van der Waals surface area contributed by atoms with Gasteiger partial charge in [-0.15, -0.1) is 0 Å². The van der Waals surface area contributed by atoms with E-state index in [1.807, 2.05) is 19.2 Å². The van der Waals surface area contributed by atoms with Crippen molar-refractivity contribution in [1.82, 2.24) is 15.6 Å². The first-order valence-electron chi connectivity index (χ1n) is 7.34. The van der Waals surface area contributed by atoms with Crippen molar-refractivity contribution in [3.63, 3.8) is 0 Å². The van der Waals surface area contributed by atoms with Crippen LogP contribution in [0.25, 0.3) is 0 Å². The lowest BCUT2D eigenvalue weighted by Gasteiger charge is -2.31. The van der Waals surface area contributed by atoms with E-state index in [0.29, 0.717) is 12.1 Å². The van der Waals surface area contributed by atoms with Crippen LogP contribution in [0.2, 0.25) is 0 Å². The van der Waals surface area contributed by atoms with Crippen LogP contribution in [0, 0.1) is 5.92 Å². The minimum absolute atomic E-state index is 0.0634. The van der Waals surface area contributed by atoms with E-state index in [0.717, 1.165) is 31.4 Å². The lowest BCUT2D eigenvalue weighted by Crippen LogP contribution is -2.33. The molecule has 2 heterocycles. The van der Waals surface area contributed by atoms with Gasteiger partial charge in [-0.3, -0.25) is 4.79 Å². The summed E-state index contributed by atoms with van der Waals surface area (Å²) in [6.45, 7) is 5.80. The number of carbonyl (C=O) groups is 1. The molecule has 1 aliphatic heterocycles. The molecule has 2 N–H and O–H groups in total. The third kappa shape index (κ3) is 3.93. The Balaban J connectivity index is 1.90. The molecule has 110 valence electrons. The molecule has 5 heteroatoms. The Morgan fingerprint density at radius 3 is 2.70 bits per heavy atom. The van der Waals surface area contributed by atoms with Gasteiger partial charge in [0.1, 0.15) is 5.82 Å². The zero-order valence-electron chi connectivity index (χ0n) is 12.4. The normalized spacial score (nSPS) is 16.2. The van der Waals surface area contributed by atoms with E-state index in [9.17, 15) is 4.79 Å². The molecule has 5 nitrogen and oxygen atoms in total. The Kier molecular flexibility index (Phi) is 5.35. The molecule has 0 radical (unpaired) electrons. The van der Waals surface area contributed by atoms with E-state index in [4.69, 9.17) is 0 Å². The summed E-state index contributed by atoms with van der Waals surface area (Å²) in [5, 5.41) is 5.84. The van der Waals surface area contributed by atoms with E-state index < -0.39 is 0 Å². The number of amides is 1. The number of anilines is 1. The average Bonchev–Trinajstić information content (AvgIpc) is 2.48. The maximum absolute atomic E-state index is 11.9. The molecule has 0 aromatic carbocycles. The Morgan fingerprint density at radius 2 is 2.10 bits per heavy atom. The van der Waals surface area contributed by atoms with Gasteiger partial charge in [0.25, 0.3) is 5.91 Å². The molecule has 1 amide bonds. The number of hydrogen-bond acceptors (Lipinski definition) is 4. The molecular weight excluding hydrogens is 252 g/mol. The van der Waals surface area contributed by atoms with Gasteiger partial charge in [-0.05, 0) is 37.9 Å². The number of piperidine rings is 1. The Hall–Kier alpha value is -1.62. The Morgan fingerprint density at radius 1 is 1.35 bits per heavy atom. The van der Waals surface area contributed by atoms with Crippen molar-refractivity contribution in [3.8, 4) is 0 Å². The maximum atomic E-state index is 11.9. The van der Waals surface area contributed by atoms with Gasteiger partial charge in [0.15, 0.2) is 0 Å². The molecule has 0 unspecified atom stereocenters. The van der Waals surface area contributed by atoms with E-state index in [2.05, 4.69) is 27.4 Å². The molecule has 0 saturated carbocycles. The van der Waals surface area contributed by atoms with Gasteiger partial charge in [0.2, 0.25) is 0 Å². The number of aromatic nitrogens is 1. The summed E-state index contributed by atoms with van der Waals surface area (Å²) in [6, 6.07) is 3.80. The monoisotopic (exact) mass is 276 g/mol. The second-order valence-electron chi connectivity index (χ2n) is 5.43. The van der Waals surface area contributed by atoms with Crippen molar-refractivity contribution in [2.75, 3.05) is 38.1 Å². The van der Waals surface area contributed by atoms with Crippen LogP contribution in [0.1, 0.15) is 30.1 Å². The van der Waals surface area contributed by atoms with Crippen LogP contribution in [0.4, 0.5) is 5.82 Å². The fourth-order valence-corrected chi connectivity index (χ4v) is 2.35. The molecule has 1 saturated heterocycles. The topological polar surface area (TPSA) is 57.3 Å². The standard InChI is InChI=1S/C15H24N4O/c1-12-5-9-19(10-6-12)14-4-3-13(11-18-14)15(20)17-8-7-16-2/h3-4,11-12,16H,5-10H2,1-2H3,(H,17,20). The molecule has 20 heavy (non-hydrogen) atoms. The number of rotatable bonds is 5. The van der Waals surface area contributed by atoms with E-state index in [-0.39, 0.29) is 5.91 Å². The number of likely N-dealkylation sites (N-methyl/N-ethyl adjacent to an activating group) is 1. The molecule has 0 atom stereocenters. The average molecular weight is 276 g/mol. The van der Waals surface area contributed by atoms with Crippen molar-refractivity contribution in [2.24, 2.45) is 5.92 Å². The summed E-state index contributed by atoms with van der Waals surface area (Å²) < 4.78 is 0. The van der Waals surface area contributed by atoms with Gasteiger partial charge in [-0.1, -0.05) is 6.92 Å². The van der Waals surface area contributed by atoms with Crippen LogP contribution in [-0.4, -0.2) is 44.1 Å². The zero-order valence-corrected chi connectivity index (χ0v) is 12.4. The van der Waals surface area contributed by atoms with Gasteiger partial charge >= 0.3 is 0 Å². The van der Waals surface area contributed by atoms with E-state index in [1.165, 1.54) is 12.8 Å². The van der Waals surface area contributed by atoms with Crippen LogP contribution in [0.3, 0.4) is 0 Å². The molecule has 0 bridgehead atoms. The lowest BCUT2D eigenvalue weighted by molar-refractivity contribution is 0.0954. The SMILES string of the molecule is CNCCNC(=O)c1ccc(N2CCC(C)CC2)nc1. The predicted octanol–water partition coefficient (Wildman–Crippen LogP) is 1.27. The van der Waals surface area contributed by atoms with Crippen LogP contribution >= 0.6 is 0 Å². The molecule has 1 aromatic rings. The Labute approximate surface area is 120 Å². The third-order valence-electron chi connectivity index (χ3n) is 3.78. The van der Waals surface area contributed by atoms with Gasteiger partial charge in [0.05, 0.1) is 5.56 Å². The van der Waals surface area contributed by atoms with Crippen molar-refractivity contribution in [1.29, 1.82) is 0 Å². The van der Waals surface area contributed by atoms with E-state index in [1.54, 1.807) is 6.20 Å². The summed E-state index contributed by atoms with van der Waals surface area (Å²) in [6.07, 6.45) is 4.10. The second kappa shape index (κ2) is 7.24. The highest BCUT2D eigenvalue weighted by Gasteiger charge is 2.17. The lowest BCUT2D eigenvalue weighted by atomic mass is 9.99. The summed E-state index contributed by atoms with van der Waals surface area (Å²) >= 11 is 0. The number of carbonyl (C=O) groups excluding carboxylic acids is 1. The Bertz CT molecular complexity index is 424. The molecule has 1 aromatic heterocycles. The first kappa shape index (κ1) is 14.8. The van der Waals surface area contributed by atoms with Crippen LogP contribution in [0.5, 0.6) is 0 Å². The molecule has 1 fully saturated rings. The largest absolute Gasteiger partial charge is 0.357 e. The second-order valence-corrected chi connectivity index (χ2v) is 5.43. The minimum atomic E-state index is -0.0634. The van der Waals surface area contributed by atoms with Crippen LogP contribution in [0.15, 0.2) is 18.3 Å². The molecule has 0 spiro atoms. The zero-order chi connectivity index (χ0) is 14.4. The first-order chi connectivity index (χ1) is 9.70. The highest BCUT2D eigenvalue weighted by molar-refractivity contribution is 5.94. The fraction of sp³-hybridized carbons (Fsp3) is 0.600. The van der Waals surface area contributed by atoms with Crippen molar-refractivity contribution < 1.29 is 4.79 Å². The third-order valence-corrected chi connectivity index (χ3v) is 3.78. The predicted molar refractivity (Wildman–Crippen MR) is 81.1 cm³/mol. The number of nitrogens with zero attached hydrogens (tertiary/aromatic N) is 2. The smallest absolute Gasteiger partial charge is 0.252 e. The van der Waals surface area contributed by atoms with E-state index >= 15 is 0 Å². The summed E-state index contributed by atoms with van der Waals surface area (Å²) in [5.74, 6) is 1.72. The summed E-state index contributed by atoms with van der Waals surface area (Å²) in [4.78, 5) is 18.6. The fourth-order valence-electron chi connectivity index (χ4n) is 2.35. The summed E-state index contributed by atoms with van der Waals surface area (Å²) in [5.41, 5.74) is 0.621. The van der Waals surface area contributed by atoms with Crippen LogP contribution < -0.4 is 15.5 Å². The molecular formula is C15H24N4O. The molecule has 2 rings (SSSR count). The number of nitrogens with one attached hydrogen (secondary N) is 2. The van der Waals surface area contributed by atoms with Crippen molar-refractivity contribution >= 4 is 11.7 Å². The summed E-state index contributed by atoms with van der Waals surface area (Å²) in [7, 11) is 1.86.